The van der Waals surface area contributed by atoms with Gasteiger partial charge in [-0.15, -0.1) is 0 Å². The van der Waals surface area contributed by atoms with E-state index in [0.717, 1.165) is 22.8 Å². The van der Waals surface area contributed by atoms with Gasteiger partial charge in [-0.25, -0.2) is 4.79 Å². The van der Waals surface area contributed by atoms with Gasteiger partial charge >= 0.3 is 5.97 Å². The lowest BCUT2D eigenvalue weighted by atomic mass is 9.97. The van der Waals surface area contributed by atoms with Gasteiger partial charge in [-0.1, -0.05) is 48.0 Å². The third-order valence-electron chi connectivity index (χ3n) is 4.94. The van der Waals surface area contributed by atoms with Crippen molar-refractivity contribution >= 4 is 35.0 Å². The molecule has 9 heteroatoms. The van der Waals surface area contributed by atoms with Crippen LogP contribution in [0, 0.1) is 5.41 Å². The SMILES string of the molecule is CCOC(=O)C(O)C[C@@H](Cc1ccc(-c2cccc(Cl)c2)cc1)NC(=O)C(N)=CC(=N)C(C)=O. The van der Waals surface area contributed by atoms with Crippen LogP contribution in [0.3, 0.4) is 0 Å². The molecule has 1 unspecified atom stereocenters. The minimum Gasteiger partial charge on any atom is -0.464 e. The van der Waals surface area contributed by atoms with Crippen LogP contribution in [0.5, 0.6) is 0 Å². The van der Waals surface area contributed by atoms with Crippen LogP contribution < -0.4 is 11.1 Å². The summed E-state index contributed by atoms with van der Waals surface area (Å²) in [7, 11) is 0. The summed E-state index contributed by atoms with van der Waals surface area (Å²) in [6, 6.07) is 14.3. The normalized spacial score (nSPS) is 13.0. The van der Waals surface area contributed by atoms with Crippen LogP contribution in [0.15, 0.2) is 60.3 Å². The Labute approximate surface area is 203 Å². The summed E-state index contributed by atoms with van der Waals surface area (Å²) < 4.78 is 4.85. The van der Waals surface area contributed by atoms with E-state index in [-0.39, 0.29) is 25.1 Å². The van der Waals surface area contributed by atoms with E-state index in [9.17, 15) is 19.5 Å². The van der Waals surface area contributed by atoms with Crippen LogP contribution in [0.25, 0.3) is 11.1 Å². The van der Waals surface area contributed by atoms with Crippen molar-refractivity contribution in [1.29, 1.82) is 5.41 Å². The molecule has 5 N–H and O–H groups in total. The van der Waals surface area contributed by atoms with Gasteiger partial charge in [-0.2, -0.15) is 0 Å². The van der Waals surface area contributed by atoms with Gasteiger partial charge < -0.3 is 20.9 Å². The number of ether oxygens (including phenoxy) is 1. The first-order valence-corrected chi connectivity index (χ1v) is 11.1. The van der Waals surface area contributed by atoms with Crippen LogP contribution in [0.1, 0.15) is 25.8 Å². The second-order valence-corrected chi connectivity index (χ2v) is 8.09. The molecule has 0 heterocycles. The number of aliphatic hydroxyl groups excluding tert-OH is 1. The molecule has 2 aromatic rings. The molecule has 1 amide bonds. The molecule has 0 aliphatic heterocycles. The van der Waals surface area contributed by atoms with Crippen molar-refractivity contribution in [2.24, 2.45) is 5.73 Å². The molecule has 0 spiro atoms. The van der Waals surface area contributed by atoms with Crippen molar-refractivity contribution in [3.8, 4) is 11.1 Å². The topological polar surface area (TPSA) is 143 Å². The van der Waals surface area contributed by atoms with Gasteiger partial charge in [-0.05, 0) is 48.2 Å². The molecule has 0 bridgehead atoms. The Kier molecular flexibility index (Phi) is 9.97. The number of esters is 1. The molecule has 0 aliphatic carbocycles. The fourth-order valence-corrected chi connectivity index (χ4v) is 3.37. The Morgan fingerprint density at radius 3 is 2.44 bits per heavy atom. The summed E-state index contributed by atoms with van der Waals surface area (Å²) in [6.45, 7) is 2.93. The van der Waals surface area contributed by atoms with E-state index >= 15 is 0 Å². The number of nitrogens with one attached hydrogen (secondary N) is 2. The zero-order valence-electron chi connectivity index (χ0n) is 19.0. The highest BCUT2D eigenvalue weighted by Crippen LogP contribution is 2.23. The predicted octanol–water partition coefficient (Wildman–Crippen LogP) is 2.80. The van der Waals surface area contributed by atoms with Gasteiger partial charge in [0.1, 0.15) is 0 Å². The molecule has 0 saturated carbocycles. The zero-order valence-corrected chi connectivity index (χ0v) is 19.8. The molecule has 2 aromatic carbocycles. The lowest BCUT2D eigenvalue weighted by molar-refractivity contribution is -0.153. The van der Waals surface area contributed by atoms with Crippen molar-refractivity contribution in [1.82, 2.24) is 5.32 Å². The van der Waals surface area contributed by atoms with Gasteiger partial charge in [0, 0.05) is 24.4 Å². The number of hydrogen-bond acceptors (Lipinski definition) is 7. The third kappa shape index (κ3) is 8.13. The summed E-state index contributed by atoms with van der Waals surface area (Å²) in [6.07, 6.45) is -0.305. The van der Waals surface area contributed by atoms with E-state index < -0.39 is 35.5 Å². The van der Waals surface area contributed by atoms with Crippen LogP contribution in [0.2, 0.25) is 5.02 Å². The van der Waals surface area contributed by atoms with Crippen LogP contribution in [-0.2, 0) is 25.5 Å². The second-order valence-electron chi connectivity index (χ2n) is 7.65. The van der Waals surface area contributed by atoms with Crippen LogP contribution >= 0.6 is 11.6 Å². The van der Waals surface area contributed by atoms with Crippen molar-refractivity contribution in [3.63, 3.8) is 0 Å². The minimum absolute atomic E-state index is 0.112. The number of benzene rings is 2. The van der Waals surface area contributed by atoms with Crippen molar-refractivity contribution in [2.75, 3.05) is 6.61 Å². The number of rotatable bonds is 11. The van der Waals surface area contributed by atoms with Crippen molar-refractivity contribution < 1.29 is 24.2 Å². The number of carbonyl (C=O) groups is 3. The number of halogens is 1. The van der Waals surface area contributed by atoms with Gasteiger partial charge in [0.2, 0.25) is 0 Å². The number of carbonyl (C=O) groups excluding carboxylic acids is 3. The quantitative estimate of drug-likeness (QED) is 0.219. The molecule has 0 radical (unpaired) electrons. The van der Waals surface area contributed by atoms with E-state index in [1.165, 1.54) is 6.92 Å². The van der Waals surface area contributed by atoms with Gasteiger partial charge in [-0.3, -0.25) is 15.0 Å². The molecule has 2 atom stereocenters. The van der Waals surface area contributed by atoms with E-state index in [2.05, 4.69) is 5.32 Å². The Morgan fingerprint density at radius 2 is 1.85 bits per heavy atom. The van der Waals surface area contributed by atoms with Gasteiger partial charge in [0.25, 0.3) is 5.91 Å². The monoisotopic (exact) mass is 485 g/mol. The third-order valence-corrected chi connectivity index (χ3v) is 5.17. The summed E-state index contributed by atoms with van der Waals surface area (Å²) >= 11 is 6.07. The lowest BCUT2D eigenvalue weighted by Gasteiger charge is -2.21. The smallest absolute Gasteiger partial charge is 0.335 e. The number of ketones is 1. The Morgan fingerprint density at radius 1 is 1.18 bits per heavy atom. The number of aliphatic hydroxyl groups is 1. The summed E-state index contributed by atoms with van der Waals surface area (Å²) in [5.41, 5.74) is 7.73. The first-order valence-electron chi connectivity index (χ1n) is 10.7. The summed E-state index contributed by atoms with van der Waals surface area (Å²) in [5.74, 6) is -2.05. The zero-order chi connectivity index (χ0) is 25.3. The molecular formula is C25H28ClN3O5. The average molecular weight is 486 g/mol. The maximum atomic E-state index is 12.5. The van der Waals surface area contributed by atoms with E-state index in [4.69, 9.17) is 27.5 Å². The van der Waals surface area contributed by atoms with E-state index in [1.807, 2.05) is 42.5 Å². The Bertz CT molecular complexity index is 1080. The summed E-state index contributed by atoms with van der Waals surface area (Å²) in [4.78, 5) is 35.7. The summed E-state index contributed by atoms with van der Waals surface area (Å²) in [5, 5.41) is 21.1. The molecule has 0 aromatic heterocycles. The first-order chi connectivity index (χ1) is 16.1. The molecule has 180 valence electrons. The highest BCUT2D eigenvalue weighted by molar-refractivity contribution is 6.42. The fraction of sp³-hybridized carbons (Fsp3) is 0.280. The van der Waals surface area contributed by atoms with Crippen LogP contribution in [-0.4, -0.2) is 47.2 Å². The molecule has 2 rings (SSSR count). The molecule has 8 nitrogen and oxygen atoms in total. The number of allylic oxidation sites excluding steroid dienone is 1. The number of nitrogens with two attached hydrogens (primary N) is 1. The van der Waals surface area contributed by atoms with E-state index in [0.29, 0.717) is 5.02 Å². The van der Waals surface area contributed by atoms with E-state index in [1.54, 1.807) is 13.0 Å². The molecular weight excluding hydrogens is 458 g/mol. The molecule has 0 aliphatic rings. The Balaban J connectivity index is 2.20. The number of Topliss-reactive ketones (excluding diaryl/α,β-unsaturated/α-hetero) is 1. The second kappa shape index (κ2) is 12.7. The lowest BCUT2D eigenvalue weighted by Crippen LogP contribution is -2.42. The molecule has 0 fully saturated rings. The fourth-order valence-electron chi connectivity index (χ4n) is 3.17. The minimum atomic E-state index is -1.45. The molecule has 0 saturated heterocycles. The van der Waals surface area contributed by atoms with Crippen molar-refractivity contribution in [3.05, 3.63) is 70.9 Å². The Hall–Kier alpha value is -3.49. The van der Waals surface area contributed by atoms with Gasteiger partial charge in [0.15, 0.2) is 11.9 Å². The van der Waals surface area contributed by atoms with Crippen molar-refractivity contribution in [2.45, 2.75) is 38.8 Å². The maximum absolute atomic E-state index is 12.5. The highest BCUT2D eigenvalue weighted by Gasteiger charge is 2.24. The predicted molar refractivity (Wildman–Crippen MR) is 130 cm³/mol. The standard InChI is InChI=1S/C25H28ClN3O5/c1-3-34-25(33)23(31)13-20(29-24(32)22(28)14-21(27)15(2)30)11-16-7-9-17(10-8-16)18-5-4-6-19(26)12-18/h4-10,12,14,20,23,27,31H,3,11,13,28H2,1-2H3,(H,29,32)/t20-,23?/m1/s1. The van der Waals surface area contributed by atoms with Gasteiger partial charge in [0.05, 0.1) is 18.0 Å². The number of amides is 1. The molecule has 34 heavy (non-hydrogen) atoms. The number of hydrogen-bond donors (Lipinski definition) is 4. The average Bonchev–Trinajstić information content (AvgIpc) is 2.79. The highest BCUT2D eigenvalue weighted by atomic mass is 35.5. The largest absolute Gasteiger partial charge is 0.464 e. The maximum Gasteiger partial charge on any atom is 0.335 e. The van der Waals surface area contributed by atoms with Crippen LogP contribution in [0.4, 0.5) is 0 Å². The first kappa shape index (κ1) is 26.8.